The number of carbonyl (C=O) groups is 2. The average Bonchev–Trinajstić information content (AvgIpc) is 3.17. The Balaban J connectivity index is 1.53. The highest BCUT2D eigenvalue weighted by Crippen LogP contribution is 2.14. The molecule has 2 N–H and O–H groups in total. The van der Waals surface area contributed by atoms with Gasteiger partial charge >= 0.3 is 0 Å². The van der Waals surface area contributed by atoms with Crippen LogP contribution in [0, 0.1) is 6.92 Å². The van der Waals surface area contributed by atoms with Crippen LogP contribution in [0.15, 0.2) is 73.2 Å². The molecule has 30 heavy (non-hydrogen) atoms. The Morgan fingerprint density at radius 3 is 2.43 bits per heavy atom. The number of aryl methyl sites for hydroxylation is 1. The van der Waals surface area contributed by atoms with Crippen molar-refractivity contribution in [2.75, 3.05) is 0 Å². The van der Waals surface area contributed by atoms with Gasteiger partial charge in [0.05, 0.1) is 5.52 Å². The Kier molecular flexibility index (Phi) is 5.52. The van der Waals surface area contributed by atoms with E-state index in [1.807, 2.05) is 49.4 Å². The van der Waals surface area contributed by atoms with E-state index < -0.39 is 0 Å². The fourth-order valence-electron chi connectivity index (χ4n) is 3.10. The molecule has 0 aliphatic heterocycles. The van der Waals surface area contributed by atoms with E-state index in [1.165, 1.54) is 0 Å². The molecule has 3 heterocycles. The minimum absolute atomic E-state index is 0.171. The minimum atomic E-state index is -0.347. The maximum atomic E-state index is 12.8. The second-order valence-electron chi connectivity index (χ2n) is 6.95. The lowest BCUT2D eigenvalue weighted by molar-refractivity contribution is 0.0939. The summed E-state index contributed by atoms with van der Waals surface area (Å²) in [5.41, 5.74) is 3.81. The van der Waals surface area contributed by atoms with Gasteiger partial charge in [0.25, 0.3) is 11.8 Å². The van der Waals surface area contributed by atoms with Crippen LogP contribution in [-0.2, 0) is 13.1 Å². The maximum absolute atomic E-state index is 12.8. The van der Waals surface area contributed by atoms with Gasteiger partial charge in [-0.1, -0.05) is 42.0 Å². The molecule has 0 aliphatic carbocycles. The van der Waals surface area contributed by atoms with Crippen molar-refractivity contribution < 1.29 is 9.59 Å². The van der Waals surface area contributed by atoms with Crippen molar-refractivity contribution in [3.8, 4) is 0 Å². The summed E-state index contributed by atoms with van der Waals surface area (Å²) >= 11 is 0. The third-order valence-electron chi connectivity index (χ3n) is 4.72. The van der Waals surface area contributed by atoms with E-state index >= 15 is 0 Å². The van der Waals surface area contributed by atoms with E-state index in [4.69, 9.17) is 0 Å². The number of imidazole rings is 1. The van der Waals surface area contributed by atoms with Crippen LogP contribution in [0.4, 0.5) is 0 Å². The quantitative estimate of drug-likeness (QED) is 0.522. The van der Waals surface area contributed by atoms with Gasteiger partial charge in [0, 0.05) is 31.7 Å². The highest BCUT2D eigenvalue weighted by molar-refractivity contribution is 6.02. The predicted molar refractivity (Wildman–Crippen MR) is 113 cm³/mol. The van der Waals surface area contributed by atoms with Gasteiger partial charge in [-0.3, -0.25) is 19.0 Å². The first-order valence-electron chi connectivity index (χ1n) is 9.60. The van der Waals surface area contributed by atoms with Crippen LogP contribution in [0.5, 0.6) is 0 Å². The number of nitrogens with zero attached hydrogens (tertiary/aromatic N) is 3. The van der Waals surface area contributed by atoms with Gasteiger partial charge in [-0.2, -0.15) is 0 Å². The molecule has 7 nitrogen and oxygen atoms in total. The molecule has 3 aromatic heterocycles. The Morgan fingerprint density at radius 2 is 1.67 bits per heavy atom. The highest BCUT2D eigenvalue weighted by Gasteiger charge is 2.21. The molecule has 1 aromatic carbocycles. The van der Waals surface area contributed by atoms with Crippen molar-refractivity contribution in [2.45, 2.75) is 20.0 Å². The van der Waals surface area contributed by atoms with E-state index in [0.717, 1.165) is 16.7 Å². The van der Waals surface area contributed by atoms with Crippen LogP contribution in [0.1, 0.15) is 37.8 Å². The second kappa shape index (κ2) is 8.57. The summed E-state index contributed by atoms with van der Waals surface area (Å²) in [5.74, 6) is -0.521. The third kappa shape index (κ3) is 4.20. The zero-order valence-corrected chi connectivity index (χ0v) is 16.5. The Hall–Kier alpha value is -4.00. The summed E-state index contributed by atoms with van der Waals surface area (Å²) < 4.78 is 1.63. The van der Waals surface area contributed by atoms with Gasteiger partial charge in [0.15, 0.2) is 5.69 Å². The number of aromatic nitrogens is 3. The van der Waals surface area contributed by atoms with E-state index in [2.05, 4.69) is 20.6 Å². The molecule has 0 spiro atoms. The van der Waals surface area contributed by atoms with Crippen LogP contribution in [-0.4, -0.2) is 26.2 Å². The predicted octanol–water partition coefficient (Wildman–Crippen LogP) is 2.90. The van der Waals surface area contributed by atoms with Crippen LogP contribution in [0.25, 0.3) is 5.52 Å². The molecule has 0 fully saturated rings. The fourth-order valence-corrected chi connectivity index (χ4v) is 3.10. The number of hydrogen-bond acceptors (Lipinski definition) is 4. The molecule has 0 radical (unpaired) electrons. The standard InChI is InChI=1S/C23H21N5O2/c1-16-7-9-17(10-8-16)14-26-23(30)21-27-20(19-6-2-3-12-28(19)21)22(29)25-15-18-5-4-11-24-13-18/h2-13H,14-15H2,1H3,(H,25,29)(H,26,30). The average molecular weight is 399 g/mol. The zero-order valence-electron chi connectivity index (χ0n) is 16.5. The summed E-state index contributed by atoms with van der Waals surface area (Å²) in [5, 5.41) is 5.71. The van der Waals surface area contributed by atoms with Gasteiger partial charge in [-0.25, -0.2) is 4.98 Å². The first kappa shape index (κ1) is 19.3. The summed E-state index contributed by atoms with van der Waals surface area (Å²) in [6, 6.07) is 17.0. The van der Waals surface area contributed by atoms with Crippen LogP contribution in [0.3, 0.4) is 0 Å². The largest absolute Gasteiger partial charge is 0.346 e. The highest BCUT2D eigenvalue weighted by atomic mass is 16.2. The van der Waals surface area contributed by atoms with Gasteiger partial charge in [0.2, 0.25) is 5.82 Å². The molecule has 2 amide bonds. The summed E-state index contributed by atoms with van der Waals surface area (Å²) in [6.45, 7) is 2.72. The number of benzene rings is 1. The number of nitrogens with one attached hydrogen (secondary N) is 2. The molecule has 0 bridgehead atoms. The van der Waals surface area contributed by atoms with Crippen LogP contribution in [0.2, 0.25) is 0 Å². The molecule has 0 saturated carbocycles. The molecule has 0 atom stereocenters. The number of carbonyl (C=O) groups excluding carboxylic acids is 2. The van der Waals surface area contributed by atoms with E-state index in [9.17, 15) is 9.59 Å². The molecule has 0 aliphatic rings. The van der Waals surface area contributed by atoms with Gasteiger partial charge in [-0.05, 0) is 36.2 Å². The molecule has 7 heteroatoms. The number of amides is 2. The summed E-state index contributed by atoms with van der Waals surface area (Å²) in [7, 11) is 0. The Bertz CT molecular complexity index is 1180. The first-order chi connectivity index (χ1) is 14.6. The second-order valence-corrected chi connectivity index (χ2v) is 6.95. The third-order valence-corrected chi connectivity index (χ3v) is 4.72. The number of hydrogen-bond donors (Lipinski definition) is 2. The lowest BCUT2D eigenvalue weighted by Gasteiger charge is -2.05. The van der Waals surface area contributed by atoms with E-state index in [-0.39, 0.29) is 23.3 Å². The number of pyridine rings is 2. The SMILES string of the molecule is Cc1ccc(CNC(=O)c2nc(C(=O)NCc3cccnc3)c3ccccn23)cc1. The summed E-state index contributed by atoms with van der Waals surface area (Å²) in [6.07, 6.45) is 5.09. The minimum Gasteiger partial charge on any atom is -0.346 e. The van der Waals surface area contributed by atoms with Crippen molar-refractivity contribution >= 4 is 17.3 Å². The van der Waals surface area contributed by atoms with E-state index in [0.29, 0.717) is 18.6 Å². The summed E-state index contributed by atoms with van der Waals surface area (Å²) in [4.78, 5) is 33.9. The fraction of sp³-hybridized carbons (Fsp3) is 0.130. The van der Waals surface area contributed by atoms with Crippen molar-refractivity contribution in [2.24, 2.45) is 0 Å². The molecule has 150 valence electrons. The molecule has 4 rings (SSSR count). The Morgan fingerprint density at radius 1 is 0.900 bits per heavy atom. The maximum Gasteiger partial charge on any atom is 0.287 e. The first-order valence-corrected chi connectivity index (χ1v) is 9.60. The zero-order chi connectivity index (χ0) is 20.9. The number of rotatable bonds is 6. The van der Waals surface area contributed by atoms with Gasteiger partial charge in [0.1, 0.15) is 0 Å². The smallest absolute Gasteiger partial charge is 0.287 e. The lowest BCUT2D eigenvalue weighted by atomic mass is 10.1. The van der Waals surface area contributed by atoms with Crippen molar-refractivity contribution in [1.82, 2.24) is 25.0 Å². The lowest BCUT2D eigenvalue weighted by Crippen LogP contribution is -2.26. The molecule has 0 saturated heterocycles. The van der Waals surface area contributed by atoms with Crippen molar-refractivity contribution in [3.63, 3.8) is 0 Å². The molecule has 0 unspecified atom stereocenters. The van der Waals surface area contributed by atoms with Gasteiger partial charge < -0.3 is 10.6 Å². The van der Waals surface area contributed by atoms with Crippen LogP contribution < -0.4 is 10.6 Å². The molecular weight excluding hydrogens is 378 g/mol. The Labute approximate surface area is 173 Å². The van der Waals surface area contributed by atoms with Crippen molar-refractivity contribution in [3.05, 3.63) is 101 Å². The number of fused-ring (bicyclic) bond motifs is 1. The van der Waals surface area contributed by atoms with Crippen LogP contribution >= 0.6 is 0 Å². The van der Waals surface area contributed by atoms with Gasteiger partial charge in [-0.15, -0.1) is 0 Å². The monoisotopic (exact) mass is 399 g/mol. The molecule has 4 aromatic rings. The molecular formula is C23H21N5O2. The van der Waals surface area contributed by atoms with E-state index in [1.54, 1.807) is 35.1 Å². The topological polar surface area (TPSA) is 88.4 Å². The van der Waals surface area contributed by atoms with Crippen molar-refractivity contribution in [1.29, 1.82) is 0 Å². The normalized spacial score (nSPS) is 10.7.